The SMILES string of the molecule is CCCC(C)CC1(CNC(C)C)CCOC1C. The van der Waals surface area contributed by atoms with Crippen molar-refractivity contribution in [1.82, 2.24) is 5.32 Å². The number of nitrogens with one attached hydrogen (secondary N) is 1. The predicted octanol–water partition coefficient (Wildman–Crippen LogP) is 3.61. The van der Waals surface area contributed by atoms with Crippen LogP contribution in [0.4, 0.5) is 0 Å². The maximum Gasteiger partial charge on any atom is 0.0616 e. The number of hydrogen-bond acceptors (Lipinski definition) is 2. The van der Waals surface area contributed by atoms with Gasteiger partial charge in [-0.1, -0.05) is 40.5 Å². The Labute approximate surface area is 108 Å². The highest BCUT2D eigenvalue weighted by atomic mass is 16.5. The van der Waals surface area contributed by atoms with Crippen molar-refractivity contribution >= 4 is 0 Å². The summed E-state index contributed by atoms with van der Waals surface area (Å²) < 4.78 is 5.84. The summed E-state index contributed by atoms with van der Waals surface area (Å²) in [5, 5.41) is 3.63. The van der Waals surface area contributed by atoms with Crippen LogP contribution in [0.3, 0.4) is 0 Å². The van der Waals surface area contributed by atoms with Gasteiger partial charge in [-0.3, -0.25) is 0 Å². The van der Waals surface area contributed by atoms with Crippen molar-refractivity contribution in [3.05, 3.63) is 0 Å². The summed E-state index contributed by atoms with van der Waals surface area (Å²) in [6.07, 6.45) is 5.58. The van der Waals surface area contributed by atoms with Crippen LogP contribution in [0.2, 0.25) is 0 Å². The van der Waals surface area contributed by atoms with E-state index in [2.05, 4.69) is 39.9 Å². The molecular weight excluding hydrogens is 210 g/mol. The first kappa shape index (κ1) is 15.0. The molecule has 2 nitrogen and oxygen atoms in total. The second-order valence-corrected chi connectivity index (χ2v) is 6.26. The molecule has 1 aliphatic heterocycles. The van der Waals surface area contributed by atoms with E-state index in [4.69, 9.17) is 4.74 Å². The third-order valence-electron chi connectivity index (χ3n) is 4.23. The molecule has 0 aliphatic carbocycles. The van der Waals surface area contributed by atoms with E-state index in [0.29, 0.717) is 17.6 Å². The molecule has 0 amide bonds. The van der Waals surface area contributed by atoms with Gasteiger partial charge in [0, 0.05) is 24.6 Å². The summed E-state index contributed by atoms with van der Waals surface area (Å²) in [4.78, 5) is 0. The van der Waals surface area contributed by atoms with Crippen LogP contribution in [0.5, 0.6) is 0 Å². The molecule has 102 valence electrons. The first-order valence-corrected chi connectivity index (χ1v) is 7.35. The van der Waals surface area contributed by atoms with Gasteiger partial charge >= 0.3 is 0 Å². The maximum absolute atomic E-state index is 5.84. The Bertz CT molecular complexity index is 217. The monoisotopic (exact) mass is 241 g/mol. The van der Waals surface area contributed by atoms with Crippen molar-refractivity contribution in [2.75, 3.05) is 13.2 Å². The minimum Gasteiger partial charge on any atom is -0.378 e. The Morgan fingerprint density at radius 1 is 1.35 bits per heavy atom. The summed E-state index contributed by atoms with van der Waals surface area (Å²) >= 11 is 0. The molecule has 1 aliphatic rings. The fourth-order valence-corrected chi connectivity index (χ4v) is 3.09. The van der Waals surface area contributed by atoms with Gasteiger partial charge in [0.25, 0.3) is 0 Å². The van der Waals surface area contributed by atoms with E-state index in [-0.39, 0.29) is 0 Å². The molecular formula is C15H31NO. The summed E-state index contributed by atoms with van der Waals surface area (Å²) in [6, 6.07) is 0.571. The Kier molecular flexibility index (Phi) is 5.94. The lowest BCUT2D eigenvalue weighted by molar-refractivity contribution is 0.0486. The van der Waals surface area contributed by atoms with Crippen molar-refractivity contribution in [2.45, 2.75) is 72.4 Å². The van der Waals surface area contributed by atoms with Crippen molar-refractivity contribution < 1.29 is 4.74 Å². The zero-order valence-corrected chi connectivity index (χ0v) is 12.4. The molecule has 0 radical (unpaired) electrons. The van der Waals surface area contributed by atoms with E-state index in [1.807, 2.05) is 0 Å². The van der Waals surface area contributed by atoms with Gasteiger partial charge in [-0.25, -0.2) is 0 Å². The second-order valence-electron chi connectivity index (χ2n) is 6.26. The molecule has 3 atom stereocenters. The molecule has 0 aromatic carbocycles. The minimum absolute atomic E-state index is 0.374. The van der Waals surface area contributed by atoms with Crippen molar-refractivity contribution in [3.63, 3.8) is 0 Å². The van der Waals surface area contributed by atoms with Gasteiger partial charge in [-0.15, -0.1) is 0 Å². The highest BCUT2D eigenvalue weighted by molar-refractivity contribution is 4.92. The van der Waals surface area contributed by atoms with Crippen LogP contribution in [-0.4, -0.2) is 25.3 Å². The number of hydrogen-bond donors (Lipinski definition) is 1. The third-order valence-corrected chi connectivity index (χ3v) is 4.23. The lowest BCUT2D eigenvalue weighted by Gasteiger charge is -2.35. The van der Waals surface area contributed by atoms with Gasteiger partial charge in [-0.2, -0.15) is 0 Å². The molecule has 17 heavy (non-hydrogen) atoms. The molecule has 0 aromatic rings. The molecule has 1 rings (SSSR count). The van der Waals surface area contributed by atoms with Crippen LogP contribution < -0.4 is 5.32 Å². The van der Waals surface area contributed by atoms with Crippen LogP contribution in [-0.2, 0) is 4.74 Å². The molecule has 1 heterocycles. The first-order chi connectivity index (χ1) is 8.00. The smallest absolute Gasteiger partial charge is 0.0616 e. The van der Waals surface area contributed by atoms with Crippen molar-refractivity contribution in [3.8, 4) is 0 Å². The van der Waals surface area contributed by atoms with Gasteiger partial charge < -0.3 is 10.1 Å². The lowest BCUT2D eigenvalue weighted by atomic mass is 9.73. The first-order valence-electron chi connectivity index (χ1n) is 7.35. The van der Waals surface area contributed by atoms with E-state index < -0.39 is 0 Å². The van der Waals surface area contributed by atoms with Crippen LogP contribution >= 0.6 is 0 Å². The average Bonchev–Trinajstić information content (AvgIpc) is 2.58. The third kappa shape index (κ3) is 4.26. The second kappa shape index (κ2) is 6.75. The number of ether oxygens (including phenoxy) is 1. The molecule has 1 fully saturated rings. The Morgan fingerprint density at radius 2 is 2.06 bits per heavy atom. The van der Waals surface area contributed by atoms with E-state index in [1.165, 1.54) is 25.7 Å². The van der Waals surface area contributed by atoms with Crippen LogP contribution in [0.25, 0.3) is 0 Å². The van der Waals surface area contributed by atoms with E-state index in [9.17, 15) is 0 Å². The predicted molar refractivity (Wildman–Crippen MR) is 74.3 cm³/mol. The van der Waals surface area contributed by atoms with E-state index in [1.54, 1.807) is 0 Å². The molecule has 1 saturated heterocycles. The van der Waals surface area contributed by atoms with Crippen LogP contribution in [0, 0.1) is 11.3 Å². The van der Waals surface area contributed by atoms with Gasteiger partial charge in [-0.05, 0) is 25.7 Å². The Hall–Kier alpha value is -0.0800. The highest BCUT2D eigenvalue weighted by Gasteiger charge is 2.41. The maximum atomic E-state index is 5.84. The Morgan fingerprint density at radius 3 is 2.53 bits per heavy atom. The van der Waals surface area contributed by atoms with E-state index in [0.717, 1.165) is 19.1 Å². The fourth-order valence-electron chi connectivity index (χ4n) is 3.09. The molecule has 1 N–H and O–H groups in total. The normalized spacial score (nSPS) is 31.1. The zero-order chi connectivity index (χ0) is 12.9. The van der Waals surface area contributed by atoms with Gasteiger partial charge in [0.2, 0.25) is 0 Å². The van der Waals surface area contributed by atoms with Crippen molar-refractivity contribution in [2.24, 2.45) is 11.3 Å². The number of rotatable bonds is 7. The molecule has 0 saturated carbocycles. The van der Waals surface area contributed by atoms with Crippen LogP contribution in [0.15, 0.2) is 0 Å². The van der Waals surface area contributed by atoms with Crippen LogP contribution in [0.1, 0.15) is 60.3 Å². The molecule has 0 spiro atoms. The molecule has 3 unspecified atom stereocenters. The fraction of sp³-hybridized carbons (Fsp3) is 1.00. The standard InChI is InChI=1S/C15H31NO/c1-6-7-13(4)10-15(11-16-12(2)3)8-9-17-14(15)5/h12-14,16H,6-11H2,1-5H3. The van der Waals surface area contributed by atoms with Crippen molar-refractivity contribution in [1.29, 1.82) is 0 Å². The molecule has 2 heteroatoms. The summed E-state index contributed by atoms with van der Waals surface area (Å²) in [5.74, 6) is 0.818. The van der Waals surface area contributed by atoms with Gasteiger partial charge in [0.05, 0.1) is 6.10 Å². The Balaban J connectivity index is 2.59. The quantitative estimate of drug-likeness (QED) is 0.735. The van der Waals surface area contributed by atoms with Gasteiger partial charge in [0.15, 0.2) is 0 Å². The summed E-state index contributed by atoms with van der Waals surface area (Å²) in [5.41, 5.74) is 0.374. The average molecular weight is 241 g/mol. The zero-order valence-electron chi connectivity index (χ0n) is 12.4. The van der Waals surface area contributed by atoms with Gasteiger partial charge in [0.1, 0.15) is 0 Å². The summed E-state index contributed by atoms with van der Waals surface area (Å²) in [6.45, 7) is 13.4. The highest BCUT2D eigenvalue weighted by Crippen LogP contribution is 2.41. The topological polar surface area (TPSA) is 21.3 Å². The minimum atomic E-state index is 0.374. The molecule has 0 bridgehead atoms. The summed E-state index contributed by atoms with van der Waals surface area (Å²) in [7, 11) is 0. The largest absolute Gasteiger partial charge is 0.378 e. The van der Waals surface area contributed by atoms with E-state index >= 15 is 0 Å². The lowest BCUT2D eigenvalue weighted by Crippen LogP contribution is -2.42. The molecule has 0 aromatic heterocycles.